The third-order valence-corrected chi connectivity index (χ3v) is 10.9. The number of hydrogen-bond acceptors (Lipinski definition) is 12. The van der Waals surface area contributed by atoms with Crippen molar-refractivity contribution < 1.29 is 57.1 Å². The van der Waals surface area contributed by atoms with Crippen molar-refractivity contribution in [1.82, 2.24) is 0 Å². The van der Waals surface area contributed by atoms with Gasteiger partial charge in [0.05, 0.1) is 37.6 Å². The first-order valence-electron chi connectivity index (χ1n) is 24.2. The van der Waals surface area contributed by atoms with Crippen molar-refractivity contribution in [2.45, 2.75) is 58.0 Å². The van der Waals surface area contributed by atoms with Crippen LogP contribution in [0.4, 0.5) is 0 Å². The van der Waals surface area contributed by atoms with Crippen molar-refractivity contribution in [3.8, 4) is 46.7 Å². The van der Waals surface area contributed by atoms with Crippen LogP contribution in [-0.2, 0) is 30.4 Å². The van der Waals surface area contributed by atoms with E-state index in [1.54, 1.807) is 60.7 Å². The molecule has 0 saturated heterocycles. The van der Waals surface area contributed by atoms with Crippen molar-refractivity contribution in [3.05, 3.63) is 215 Å². The van der Waals surface area contributed by atoms with Gasteiger partial charge in [-0.3, -0.25) is 0 Å². The third-order valence-electron chi connectivity index (χ3n) is 10.9. The standard InChI is InChI=1S/C62H56O12/c1-3-58(63)70-42-14-7-5-12-40-68-53-34-30-51(31-35-53)60(65)73-55-38-39-57(74-61(66)52-32-36-54(37-33-52)69-41-13-6-8-15-43-71-59(64)4-2)56(44-55)62(67)72-45-50-28-26-49(27-29-50)25-24-48-22-20-47(21-23-48)19-18-46-16-10-9-11-17-46/h3-4,9-11,16-17,20-23,26-39,44H,1-2,5-8,12-15,40-43,45H2. The highest BCUT2D eigenvalue weighted by Gasteiger charge is 2.21. The number of carbonyl (C=O) groups is 5. The zero-order valence-corrected chi connectivity index (χ0v) is 41.0. The van der Waals surface area contributed by atoms with Crippen LogP contribution in [-0.4, -0.2) is 56.3 Å². The average molecular weight is 993 g/mol. The number of carbonyl (C=O) groups excluding carboxylic acids is 5. The predicted octanol–water partition coefficient (Wildman–Crippen LogP) is 11.6. The lowest BCUT2D eigenvalue weighted by atomic mass is 10.1. The van der Waals surface area contributed by atoms with Gasteiger partial charge < -0.3 is 33.2 Å². The number of esters is 5. The minimum atomic E-state index is -0.828. The Morgan fingerprint density at radius 1 is 0.405 bits per heavy atom. The smallest absolute Gasteiger partial charge is 0.343 e. The third kappa shape index (κ3) is 18.9. The number of hydrogen-bond donors (Lipinski definition) is 0. The van der Waals surface area contributed by atoms with Crippen LogP contribution in [0.5, 0.6) is 23.0 Å². The van der Waals surface area contributed by atoms with E-state index in [4.69, 9.17) is 33.2 Å². The molecule has 0 spiro atoms. The lowest BCUT2D eigenvalue weighted by Crippen LogP contribution is -2.14. The molecule has 12 nitrogen and oxygen atoms in total. The zero-order chi connectivity index (χ0) is 52.2. The first-order chi connectivity index (χ1) is 36.1. The van der Waals surface area contributed by atoms with Crippen molar-refractivity contribution in [1.29, 1.82) is 0 Å². The van der Waals surface area contributed by atoms with Gasteiger partial charge in [-0.25, -0.2) is 24.0 Å². The van der Waals surface area contributed by atoms with Gasteiger partial charge >= 0.3 is 29.8 Å². The van der Waals surface area contributed by atoms with E-state index in [-0.39, 0.29) is 34.8 Å². The van der Waals surface area contributed by atoms with Crippen molar-refractivity contribution in [2.75, 3.05) is 26.4 Å². The SMILES string of the molecule is C=CC(=O)OCCCCCCOc1ccc(C(=O)Oc2ccc(OC(=O)c3ccc(OCCCCCCOC(=O)C=C)cc3)c(C(=O)OCc3ccc(C#Cc4ccc(C#Cc5ccccc5)cc4)cc3)c2)cc1. The molecule has 6 aromatic rings. The fourth-order valence-corrected chi connectivity index (χ4v) is 6.84. The summed E-state index contributed by atoms with van der Waals surface area (Å²) in [6.45, 7) is 8.26. The Morgan fingerprint density at radius 3 is 1.30 bits per heavy atom. The van der Waals surface area contributed by atoms with Gasteiger partial charge in [0.15, 0.2) is 0 Å². The summed E-state index contributed by atoms with van der Waals surface area (Å²) in [4.78, 5) is 62.9. The monoisotopic (exact) mass is 992 g/mol. The molecule has 0 fully saturated rings. The molecule has 0 aliphatic heterocycles. The summed E-state index contributed by atoms with van der Waals surface area (Å²) in [6.07, 6.45) is 8.88. The van der Waals surface area contributed by atoms with Crippen LogP contribution in [0.1, 0.15) is 110 Å². The summed E-state index contributed by atoms with van der Waals surface area (Å²) in [6, 6.07) is 41.6. The number of rotatable bonds is 25. The van der Waals surface area contributed by atoms with Crippen molar-refractivity contribution in [3.63, 3.8) is 0 Å². The molecule has 74 heavy (non-hydrogen) atoms. The quantitative estimate of drug-likeness (QED) is 0.0134. The molecule has 0 saturated carbocycles. The summed E-state index contributed by atoms with van der Waals surface area (Å²) >= 11 is 0. The average Bonchev–Trinajstić information content (AvgIpc) is 3.44. The van der Waals surface area contributed by atoms with Crippen molar-refractivity contribution in [2.24, 2.45) is 0 Å². The van der Waals surface area contributed by atoms with Crippen LogP contribution in [0.15, 0.2) is 171 Å². The van der Waals surface area contributed by atoms with Crippen LogP contribution in [0.2, 0.25) is 0 Å². The summed E-state index contributed by atoms with van der Waals surface area (Å²) in [5.41, 5.74) is 4.37. The van der Waals surface area contributed by atoms with Gasteiger partial charge in [-0.1, -0.05) is 67.2 Å². The van der Waals surface area contributed by atoms with Gasteiger partial charge in [0, 0.05) is 34.4 Å². The molecular weight excluding hydrogens is 937 g/mol. The maximum absolute atomic E-state index is 13.8. The molecule has 0 bridgehead atoms. The molecule has 376 valence electrons. The highest BCUT2D eigenvalue weighted by atomic mass is 16.6. The Hall–Kier alpha value is -9.13. The highest BCUT2D eigenvalue weighted by Crippen LogP contribution is 2.28. The summed E-state index contributed by atoms with van der Waals surface area (Å²) in [5, 5.41) is 0. The first-order valence-corrected chi connectivity index (χ1v) is 24.2. The molecule has 0 aliphatic carbocycles. The molecule has 0 amide bonds. The normalized spacial score (nSPS) is 10.2. The van der Waals surface area contributed by atoms with E-state index < -0.39 is 29.8 Å². The Morgan fingerprint density at radius 2 is 0.824 bits per heavy atom. The Labute approximate surface area is 431 Å². The van der Waals surface area contributed by atoms with Gasteiger partial charge in [0.25, 0.3) is 0 Å². The van der Waals surface area contributed by atoms with Crippen LogP contribution in [0.3, 0.4) is 0 Å². The van der Waals surface area contributed by atoms with Crippen molar-refractivity contribution >= 4 is 29.8 Å². The predicted molar refractivity (Wildman–Crippen MR) is 280 cm³/mol. The largest absolute Gasteiger partial charge is 0.494 e. The van der Waals surface area contributed by atoms with E-state index in [2.05, 4.69) is 36.8 Å². The van der Waals surface area contributed by atoms with E-state index in [0.717, 1.165) is 85.8 Å². The van der Waals surface area contributed by atoms with Gasteiger partial charge in [0.2, 0.25) is 0 Å². The zero-order valence-electron chi connectivity index (χ0n) is 41.0. The van der Waals surface area contributed by atoms with Gasteiger partial charge in [-0.15, -0.1) is 0 Å². The number of benzene rings is 6. The second-order valence-electron chi connectivity index (χ2n) is 16.5. The molecule has 0 heterocycles. The molecule has 12 heteroatoms. The Bertz CT molecular complexity index is 2950. The molecular formula is C62H56O12. The lowest BCUT2D eigenvalue weighted by Gasteiger charge is -2.13. The molecule has 0 aliphatic rings. The number of ether oxygens (including phenoxy) is 7. The fraction of sp³-hybridized carbons (Fsp3) is 0.210. The maximum Gasteiger partial charge on any atom is 0.343 e. The minimum absolute atomic E-state index is 0.0108. The Kier molecular flexibility index (Phi) is 21.9. The van der Waals surface area contributed by atoms with E-state index in [9.17, 15) is 24.0 Å². The van der Waals surface area contributed by atoms with Crippen LogP contribution >= 0.6 is 0 Å². The fourth-order valence-electron chi connectivity index (χ4n) is 6.84. The molecule has 6 aromatic carbocycles. The van der Waals surface area contributed by atoms with Crippen LogP contribution in [0.25, 0.3) is 0 Å². The molecule has 0 radical (unpaired) electrons. The second kappa shape index (κ2) is 29.9. The number of unbranched alkanes of at least 4 members (excludes halogenated alkanes) is 6. The van der Waals surface area contributed by atoms with E-state index in [1.807, 2.05) is 66.7 Å². The summed E-state index contributed by atoms with van der Waals surface area (Å²) < 4.78 is 38.8. The van der Waals surface area contributed by atoms with Gasteiger partial charge in [-0.05, 0) is 172 Å². The molecule has 0 N–H and O–H groups in total. The van der Waals surface area contributed by atoms with E-state index in [0.29, 0.717) is 43.5 Å². The second-order valence-corrected chi connectivity index (χ2v) is 16.5. The maximum atomic E-state index is 13.8. The first kappa shape index (κ1) is 54.2. The Balaban J connectivity index is 1.05. The van der Waals surface area contributed by atoms with Gasteiger partial charge in [-0.2, -0.15) is 0 Å². The molecule has 0 unspecified atom stereocenters. The lowest BCUT2D eigenvalue weighted by molar-refractivity contribution is -0.138. The van der Waals surface area contributed by atoms with E-state index >= 15 is 0 Å². The van der Waals surface area contributed by atoms with Crippen LogP contribution < -0.4 is 18.9 Å². The van der Waals surface area contributed by atoms with E-state index in [1.165, 1.54) is 18.2 Å². The summed E-state index contributed by atoms with van der Waals surface area (Å²) in [7, 11) is 0. The molecule has 0 atom stereocenters. The molecule has 0 aromatic heterocycles. The minimum Gasteiger partial charge on any atom is -0.494 e. The van der Waals surface area contributed by atoms with Gasteiger partial charge in [0.1, 0.15) is 35.2 Å². The highest BCUT2D eigenvalue weighted by molar-refractivity contribution is 5.97. The topological polar surface area (TPSA) is 150 Å². The van der Waals surface area contributed by atoms with Crippen LogP contribution in [0, 0.1) is 23.7 Å². The summed E-state index contributed by atoms with van der Waals surface area (Å²) in [5.74, 6) is 10.5. The molecule has 6 rings (SSSR count).